The molecule has 1 aliphatic heterocycles. The van der Waals surface area contributed by atoms with Crippen LogP contribution in [0.15, 0.2) is 0 Å². The molecule has 10 heavy (non-hydrogen) atoms. The summed E-state index contributed by atoms with van der Waals surface area (Å²) in [5, 5.41) is 0. The zero-order chi connectivity index (χ0) is 7.56. The van der Waals surface area contributed by atoms with Gasteiger partial charge < -0.3 is 0 Å². The summed E-state index contributed by atoms with van der Waals surface area (Å²) in [6.45, 7) is 1.71. The molecule has 56 valence electrons. The Morgan fingerprint density at radius 3 is 2.40 bits per heavy atom. The molecule has 4 nitrogen and oxygen atoms in total. The molecule has 0 radical (unpaired) electrons. The van der Waals surface area contributed by atoms with E-state index in [1.165, 1.54) is 0 Å². The third-order valence-corrected chi connectivity index (χ3v) is 1.22. The lowest BCUT2D eigenvalue weighted by molar-refractivity contribution is -0.127. The van der Waals surface area contributed by atoms with Crippen molar-refractivity contribution in [2.24, 2.45) is 0 Å². The van der Waals surface area contributed by atoms with E-state index >= 15 is 0 Å². The van der Waals surface area contributed by atoms with Crippen LogP contribution >= 0.6 is 0 Å². The molecule has 1 aliphatic rings. The summed E-state index contributed by atoms with van der Waals surface area (Å²) in [5.41, 5.74) is 0. The Morgan fingerprint density at radius 2 is 2.00 bits per heavy atom. The van der Waals surface area contributed by atoms with Gasteiger partial charge in [-0.15, -0.1) is 0 Å². The monoisotopic (exact) mass is 144 g/mol. The summed E-state index contributed by atoms with van der Waals surface area (Å²) < 4.78 is 0. The van der Waals surface area contributed by atoms with Gasteiger partial charge in [0.1, 0.15) is 5.78 Å². The average molecular weight is 144 g/mol. The third kappa shape index (κ3) is 1.89. The standard InChI is InChI=1S/C6H8O4/c1-2-4(7)3-5(8)6-9-10-6/h6H,2-3H2,1H3. The SMILES string of the molecule is CCC(=O)CC(=O)C1OO1. The highest BCUT2D eigenvalue weighted by Gasteiger charge is 2.35. The Bertz CT molecular complexity index is 159. The van der Waals surface area contributed by atoms with Crippen molar-refractivity contribution in [1.82, 2.24) is 0 Å². The fraction of sp³-hybridized carbons (Fsp3) is 0.667. The largest absolute Gasteiger partial charge is 0.299 e. The first kappa shape index (κ1) is 7.37. The lowest BCUT2D eigenvalue weighted by Crippen LogP contribution is -2.11. The molecule has 1 rings (SSSR count). The van der Waals surface area contributed by atoms with Gasteiger partial charge in [0.05, 0.1) is 6.42 Å². The minimum atomic E-state index is -0.754. The summed E-state index contributed by atoms with van der Waals surface area (Å²) in [4.78, 5) is 29.8. The van der Waals surface area contributed by atoms with Gasteiger partial charge in [-0.25, -0.2) is 0 Å². The molecule has 0 bridgehead atoms. The fourth-order valence-electron chi connectivity index (χ4n) is 0.538. The first-order valence-electron chi connectivity index (χ1n) is 3.10. The van der Waals surface area contributed by atoms with Crippen LogP contribution in [-0.2, 0) is 19.4 Å². The second kappa shape index (κ2) is 2.90. The van der Waals surface area contributed by atoms with Crippen LogP contribution in [0.1, 0.15) is 19.8 Å². The Hall–Kier alpha value is -0.740. The van der Waals surface area contributed by atoms with E-state index in [1.54, 1.807) is 6.92 Å². The Balaban J connectivity index is 2.23. The van der Waals surface area contributed by atoms with Crippen LogP contribution in [0.2, 0.25) is 0 Å². The zero-order valence-corrected chi connectivity index (χ0v) is 5.62. The molecule has 0 amide bonds. The van der Waals surface area contributed by atoms with Crippen LogP contribution in [0, 0.1) is 0 Å². The topological polar surface area (TPSA) is 59.2 Å². The van der Waals surface area contributed by atoms with Gasteiger partial charge in [-0.1, -0.05) is 6.92 Å². The number of rotatable bonds is 4. The van der Waals surface area contributed by atoms with Crippen molar-refractivity contribution < 1.29 is 19.4 Å². The molecule has 0 unspecified atom stereocenters. The molecule has 0 saturated carbocycles. The molecule has 0 aromatic heterocycles. The van der Waals surface area contributed by atoms with Crippen molar-refractivity contribution in [1.29, 1.82) is 0 Å². The second-order valence-electron chi connectivity index (χ2n) is 2.06. The van der Waals surface area contributed by atoms with Gasteiger partial charge in [-0.3, -0.25) is 9.59 Å². The van der Waals surface area contributed by atoms with Crippen LogP contribution in [-0.4, -0.2) is 17.9 Å². The van der Waals surface area contributed by atoms with Crippen molar-refractivity contribution in [3.05, 3.63) is 0 Å². The van der Waals surface area contributed by atoms with E-state index in [9.17, 15) is 9.59 Å². The number of Topliss-reactive ketones (excluding diaryl/α,β-unsaturated/α-hetero) is 2. The molecule has 0 spiro atoms. The van der Waals surface area contributed by atoms with Crippen LogP contribution in [0.5, 0.6) is 0 Å². The van der Waals surface area contributed by atoms with Crippen molar-refractivity contribution >= 4 is 11.6 Å². The summed E-state index contributed by atoms with van der Waals surface area (Å²) in [5.74, 6) is -0.365. The molecule has 0 N–H and O–H groups in total. The summed E-state index contributed by atoms with van der Waals surface area (Å²) in [6, 6.07) is 0. The van der Waals surface area contributed by atoms with Crippen molar-refractivity contribution in [2.75, 3.05) is 0 Å². The van der Waals surface area contributed by atoms with Crippen LogP contribution in [0.3, 0.4) is 0 Å². The van der Waals surface area contributed by atoms with Crippen LogP contribution in [0.4, 0.5) is 0 Å². The molecule has 0 aliphatic carbocycles. The first-order chi connectivity index (χ1) is 4.74. The van der Waals surface area contributed by atoms with Gasteiger partial charge in [0, 0.05) is 6.42 Å². The van der Waals surface area contributed by atoms with E-state index in [-0.39, 0.29) is 18.0 Å². The maximum Gasteiger partial charge on any atom is 0.282 e. The molecule has 0 aromatic carbocycles. The maximum absolute atomic E-state index is 10.7. The highest BCUT2D eigenvalue weighted by atomic mass is 17.4. The normalized spacial score (nSPS) is 16.9. The Morgan fingerprint density at radius 1 is 1.40 bits per heavy atom. The summed E-state index contributed by atoms with van der Waals surface area (Å²) in [7, 11) is 0. The van der Waals surface area contributed by atoms with E-state index < -0.39 is 6.29 Å². The van der Waals surface area contributed by atoms with Gasteiger partial charge in [-0.2, -0.15) is 9.78 Å². The Labute approximate surface area is 58.0 Å². The lowest BCUT2D eigenvalue weighted by Gasteiger charge is -1.89. The zero-order valence-electron chi connectivity index (χ0n) is 5.62. The molecule has 1 saturated heterocycles. The van der Waals surface area contributed by atoms with Crippen molar-refractivity contribution in [3.63, 3.8) is 0 Å². The minimum Gasteiger partial charge on any atom is -0.299 e. The maximum atomic E-state index is 10.7. The van der Waals surface area contributed by atoms with E-state index in [4.69, 9.17) is 0 Å². The number of ketones is 2. The first-order valence-corrected chi connectivity index (χ1v) is 3.10. The fourth-order valence-corrected chi connectivity index (χ4v) is 0.538. The highest BCUT2D eigenvalue weighted by Crippen LogP contribution is 2.14. The average Bonchev–Trinajstić information content (AvgIpc) is 2.68. The van der Waals surface area contributed by atoms with Crippen LogP contribution in [0.25, 0.3) is 0 Å². The van der Waals surface area contributed by atoms with Crippen molar-refractivity contribution in [2.45, 2.75) is 26.1 Å². The third-order valence-electron chi connectivity index (χ3n) is 1.22. The Kier molecular flexibility index (Phi) is 2.13. The van der Waals surface area contributed by atoms with Crippen LogP contribution < -0.4 is 0 Å². The number of hydrogen-bond donors (Lipinski definition) is 0. The molecular formula is C6H8O4. The van der Waals surface area contributed by atoms with Gasteiger partial charge in [0.25, 0.3) is 6.29 Å². The van der Waals surface area contributed by atoms with Gasteiger partial charge in [0.2, 0.25) is 5.78 Å². The number of hydrogen-bond acceptors (Lipinski definition) is 4. The number of carbonyl (C=O) groups excluding carboxylic acids is 2. The van der Waals surface area contributed by atoms with Gasteiger partial charge >= 0.3 is 0 Å². The molecular weight excluding hydrogens is 136 g/mol. The van der Waals surface area contributed by atoms with Crippen molar-refractivity contribution in [3.8, 4) is 0 Å². The molecule has 1 fully saturated rings. The summed E-state index contributed by atoms with van der Waals surface area (Å²) in [6.07, 6.45) is -0.435. The predicted molar refractivity (Wildman–Crippen MR) is 30.9 cm³/mol. The lowest BCUT2D eigenvalue weighted by atomic mass is 10.2. The second-order valence-corrected chi connectivity index (χ2v) is 2.06. The molecule has 4 heteroatoms. The summed E-state index contributed by atoms with van der Waals surface area (Å²) >= 11 is 0. The van der Waals surface area contributed by atoms with E-state index in [2.05, 4.69) is 9.78 Å². The van der Waals surface area contributed by atoms with Gasteiger partial charge in [-0.05, 0) is 0 Å². The smallest absolute Gasteiger partial charge is 0.282 e. The molecule has 0 aromatic rings. The van der Waals surface area contributed by atoms with E-state index in [0.717, 1.165) is 0 Å². The number of carbonyl (C=O) groups is 2. The minimum absolute atomic E-state index is 0.0683. The molecule has 0 atom stereocenters. The van der Waals surface area contributed by atoms with Gasteiger partial charge in [0.15, 0.2) is 0 Å². The quantitative estimate of drug-likeness (QED) is 0.321. The van der Waals surface area contributed by atoms with E-state index in [1.807, 2.05) is 0 Å². The van der Waals surface area contributed by atoms with E-state index in [0.29, 0.717) is 6.42 Å². The predicted octanol–water partition coefficient (Wildman–Crippen LogP) is 0.213. The highest BCUT2D eigenvalue weighted by molar-refractivity contribution is 6.00. The molecule has 1 heterocycles.